The van der Waals surface area contributed by atoms with E-state index in [4.69, 9.17) is 9.47 Å². The van der Waals surface area contributed by atoms with Crippen molar-refractivity contribution >= 4 is 11.9 Å². The first-order valence-electron chi connectivity index (χ1n) is 7.08. The van der Waals surface area contributed by atoms with E-state index in [1.54, 1.807) is 44.2 Å². The summed E-state index contributed by atoms with van der Waals surface area (Å²) in [6.45, 7) is 7.73. The Labute approximate surface area is 125 Å². The van der Waals surface area contributed by atoms with Crippen LogP contribution in [0.3, 0.4) is 0 Å². The van der Waals surface area contributed by atoms with Crippen molar-refractivity contribution in [2.75, 3.05) is 0 Å². The highest BCUT2D eigenvalue weighted by Gasteiger charge is 2.09. The normalized spacial score (nSPS) is 11.1. The van der Waals surface area contributed by atoms with Crippen molar-refractivity contribution in [1.82, 2.24) is 0 Å². The largest absolute Gasteiger partial charge is 0.459 e. The Morgan fingerprint density at radius 3 is 2.24 bits per heavy atom. The van der Waals surface area contributed by atoms with E-state index in [1.807, 2.05) is 0 Å². The van der Waals surface area contributed by atoms with Crippen LogP contribution < -0.4 is 4.74 Å². The lowest BCUT2D eigenvalue weighted by molar-refractivity contribution is -0.129. The Kier molecular flexibility index (Phi) is 6.66. The molecule has 0 aromatic heterocycles. The van der Waals surface area contributed by atoms with Crippen LogP contribution in [-0.4, -0.2) is 18.0 Å². The van der Waals surface area contributed by atoms with Crippen LogP contribution in [0.4, 0.5) is 0 Å². The average molecular weight is 290 g/mol. The van der Waals surface area contributed by atoms with Crippen LogP contribution in [0.15, 0.2) is 36.4 Å². The fourth-order valence-corrected chi connectivity index (χ4v) is 1.53. The van der Waals surface area contributed by atoms with Crippen molar-refractivity contribution in [1.29, 1.82) is 0 Å². The third kappa shape index (κ3) is 6.75. The molecule has 0 bridgehead atoms. The molecule has 0 saturated carbocycles. The Bertz CT molecular complexity index is 498. The van der Waals surface area contributed by atoms with Gasteiger partial charge >= 0.3 is 11.9 Å². The second kappa shape index (κ2) is 8.25. The molecule has 0 saturated heterocycles. The van der Waals surface area contributed by atoms with E-state index in [-0.39, 0.29) is 12.1 Å². The predicted molar refractivity (Wildman–Crippen MR) is 81.2 cm³/mol. The minimum atomic E-state index is -0.423. The standard InChI is InChI=1S/C17H22O4/c1-12(2)6-5-7-16(18)21-15-10-8-14(9-11-15)17(19)20-13(3)4/h5,7-13H,6H2,1-4H3. The second-order valence-corrected chi connectivity index (χ2v) is 5.43. The van der Waals surface area contributed by atoms with Gasteiger partial charge in [0.25, 0.3) is 0 Å². The van der Waals surface area contributed by atoms with E-state index in [0.29, 0.717) is 17.2 Å². The maximum absolute atomic E-state index is 11.7. The molecule has 0 aliphatic carbocycles. The zero-order valence-electron chi connectivity index (χ0n) is 13.0. The molecule has 0 aliphatic heterocycles. The topological polar surface area (TPSA) is 52.6 Å². The van der Waals surface area contributed by atoms with E-state index in [9.17, 15) is 9.59 Å². The first-order valence-corrected chi connectivity index (χ1v) is 7.08. The molecule has 0 atom stereocenters. The van der Waals surface area contributed by atoms with Crippen LogP contribution in [0.25, 0.3) is 0 Å². The first kappa shape index (κ1) is 17.0. The molecular weight excluding hydrogens is 268 g/mol. The number of carbonyl (C=O) groups is 2. The molecule has 0 N–H and O–H groups in total. The van der Waals surface area contributed by atoms with Gasteiger partial charge in [0.2, 0.25) is 0 Å². The predicted octanol–water partition coefficient (Wildman–Crippen LogP) is 3.76. The number of rotatable bonds is 6. The Morgan fingerprint density at radius 2 is 1.71 bits per heavy atom. The monoisotopic (exact) mass is 290 g/mol. The van der Waals surface area contributed by atoms with Gasteiger partial charge in [0.05, 0.1) is 11.7 Å². The molecule has 1 rings (SSSR count). The van der Waals surface area contributed by atoms with Crippen molar-refractivity contribution in [3.8, 4) is 5.75 Å². The molecule has 0 aliphatic rings. The summed E-state index contributed by atoms with van der Waals surface area (Å²) in [4.78, 5) is 23.2. The second-order valence-electron chi connectivity index (χ2n) is 5.43. The number of benzene rings is 1. The van der Waals surface area contributed by atoms with Crippen LogP contribution in [0.2, 0.25) is 0 Å². The SMILES string of the molecule is CC(C)CC=CC(=O)Oc1ccc(C(=O)OC(C)C)cc1. The number of hydrogen-bond donors (Lipinski definition) is 0. The highest BCUT2D eigenvalue weighted by Crippen LogP contribution is 2.14. The smallest absolute Gasteiger partial charge is 0.338 e. The van der Waals surface area contributed by atoms with Gasteiger partial charge in [0.15, 0.2) is 0 Å². The third-order valence-electron chi connectivity index (χ3n) is 2.51. The van der Waals surface area contributed by atoms with Gasteiger partial charge in [-0.2, -0.15) is 0 Å². The molecular formula is C17H22O4. The van der Waals surface area contributed by atoms with Gasteiger partial charge in [-0.15, -0.1) is 0 Å². The maximum Gasteiger partial charge on any atom is 0.338 e. The number of esters is 2. The quantitative estimate of drug-likeness (QED) is 0.455. The van der Waals surface area contributed by atoms with Crippen LogP contribution in [-0.2, 0) is 9.53 Å². The van der Waals surface area contributed by atoms with Crippen molar-refractivity contribution in [3.05, 3.63) is 42.0 Å². The average Bonchev–Trinajstić information content (AvgIpc) is 2.38. The zero-order valence-corrected chi connectivity index (χ0v) is 13.0. The van der Waals surface area contributed by atoms with Crippen molar-refractivity contribution in [2.24, 2.45) is 5.92 Å². The molecule has 0 amide bonds. The van der Waals surface area contributed by atoms with Crippen LogP contribution in [0.5, 0.6) is 5.75 Å². The van der Waals surface area contributed by atoms with Crippen LogP contribution >= 0.6 is 0 Å². The van der Waals surface area contributed by atoms with Gasteiger partial charge < -0.3 is 9.47 Å². The number of hydrogen-bond acceptors (Lipinski definition) is 4. The zero-order chi connectivity index (χ0) is 15.8. The summed E-state index contributed by atoms with van der Waals surface area (Å²) < 4.78 is 10.2. The molecule has 0 radical (unpaired) electrons. The third-order valence-corrected chi connectivity index (χ3v) is 2.51. The van der Waals surface area contributed by atoms with Gasteiger partial charge in [0.1, 0.15) is 5.75 Å². The van der Waals surface area contributed by atoms with E-state index in [1.165, 1.54) is 6.08 Å². The fourth-order valence-electron chi connectivity index (χ4n) is 1.53. The van der Waals surface area contributed by atoms with Crippen molar-refractivity contribution < 1.29 is 19.1 Å². The molecule has 4 nitrogen and oxygen atoms in total. The molecule has 1 aromatic rings. The maximum atomic E-state index is 11.7. The summed E-state index contributed by atoms with van der Waals surface area (Å²) in [7, 11) is 0. The van der Waals surface area contributed by atoms with E-state index in [2.05, 4.69) is 13.8 Å². The summed E-state index contributed by atoms with van der Waals surface area (Å²) in [5.74, 6) is 0.0865. The summed E-state index contributed by atoms with van der Waals surface area (Å²) >= 11 is 0. The van der Waals surface area contributed by atoms with Gasteiger partial charge in [0, 0.05) is 6.08 Å². The van der Waals surface area contributed by atoms with Crippen molar-refractivity contribution in [2.45, 2.75) is 40.2 Å². The summed E-state index contributed by atoms with van der Waals surface area (Å²) in [5.41, 5.74) is 0.429. The van der Waals surface area contributed by atoms with Crippen LogP contribution in [0, 0.1) is 5.92 Å². The van der Waals surface area contributed by atoms with E-state index in [0.717, 1.165) is 6.42 Å². The lowest BCUT2D eigenvalue weighted by Gasteiger charge is -2.08. The molecule has 0 fully saturated rings. The minimum Gasteiger partial charge on any atom is -0.459 e. The Balaban J connectivity index is 2.56. The summed E-state index contributed by atoms with van der Waals surface area (Å²) in [6, 6.07) is 6.30. The highest BCUT2D eigenvalue weighted by atomic mass is 16.5. The Morgan fingerprint density at radius 1 is 1.10 bits per heavy atom. The molecule has 1 aromatic carbocycles. The molecule has 21 heavy (non-hydrogen) atoms. The lowest BCUT2D eigenvalue weighted by atomic mass is 10.1. The van der Waals surface area contributed by atoms with Gasteiger partial charge in [-0.1, -0.05) is 19.9 Å². The summed E-state index contributed by atoms with van der Waals surface area (Å²) in [5, 5.41) is 0. The molecule has 4 heteroatoms. The number of carbonyl (C=O) groups excluding carboxylic acids is 2. The molecule has 114 valence electrons. The van der Waals surface area contributed by atoms with Crippen LogP contribution in [0.1, 0.15) is 44.5 Å². The molecule has 0 spiro atoms. The molecule has 0 heterocycles. The van der Waals surface area contributed by atoms with E-state index < -0.39 is 5.97 Å². The minimum absolute atomic E-state index is 0.166. The fraction of sp³-hybridized carbons (Fsp3) is 0.412. The Hall–Kier alpha value is -2.10. The van der Waals surface area contributed by atoms with Crippen molar-refractivity contribution in [3.63, 3.8) is 0 Å². The van der Waals surface area contributed by atoms with Gasteiger partial charge in [-0.25, -0.2) is 9.59 Å². The summed E-state index contributed by atoms with van der Waals surface area (Å²) in [6.07, 6.45) is 3.87. The van der Waals surface area contributed by atoms with Gasteiger partial charge in [-0.05, 0) is 50.5 Å². The number of allylic oxidation sites excluding steroid dienone is 1. The number of ether oxygens (including phenoxy) is 2. The molecule has 0 unspecified atom stereocenters. The van der Waals surface area contributed by atoms with Gasteiger partial charge in [-0.3, -0.25) is 0 Å². The van der Waals surface area contributed by atoms with E-state index >= 15 is 0 Å². The lowest BCUT2D eigenvalue weighted by Crippen LogP contribution is -2.11. The highest BCUT2D eigenvalue weighted by molar-refractivity contribution is 5.90. The first-order chi connectivity index (χ1) is 9.88.